The predicted molar refractivity (Wildman–Crippen MR) is 99.0 cm³/mol. The summed E-state index contributed by atoms with van der Waals surface area (Å²) in [6, 6.07) is 5.10. The standard InChI is InChI=1S/C19H25F3N2OS/c1-18(2,3)13-24(9-4-10-25)11-16-12-26-17(23-16)14-5-7-15(8-6-14)19(20,21)22/h5-8,12,25H,4,9-11,13H2,1-3H3. The van der Waals surface area contributed by atoms with Crippen LogP contribution in [0.5, 0.6) is 0 Å². The fourth-order valence-corrected chi connectivity index (χ4v) is 3.54. The molecule has 0 aliphatic rings. The van der Waals surface area contributed by atoms with E-state index in [2.05, 4.69) is 30.7 Å². The number of benzene rings is 1. The summed E-state index contributed by atoms with van der Waals surface area (Å²) in [5, 5.41) is 11.8. The van der Waals surface area contributed by atoms with Gasteiger partial charge in [-0.15, -0.1) is 11.3 Å². The average molecular weight is 386 g/mol. The summed E-state index contributed by atoms with van der Waals surface area (Å²) in [4.78, 5) is 6.84. The van der Waals surface area contributed by atoms with Gasteiger partial charge >= 0.3 is 6.18 Å². The van der Waals surface area contributed by atoms with Crippen molar-refractivity contribution in [2.24, 2.45) is 5.41 Å². The zero-order chi connectivity index (χ0) is 19.4. The lowest BCUT2D eigenvalue weighted by Gasteiger charge is -2.29. The Bertz CT molecular complexity index is 690. The maximum Gasteiger partial charge on any atom is 0.416 e. The van der Waals surface area contributed by atoms with Gasteiger partial charge in [-0.1, -0.05) is 32.9 Å². The highest BCUT2D eigenvalue weighted by Crippen LogP contribution is 2.32. The number of aromatic nitrogens is 1. The molecule has 2 rings (SSSR count). The molecule has 0 aliphatic carbocycles. The Kier molecular flexibility index (Phi) is 6.82. The highest BCUT2D eigenvalue weighted by Gasteiger charge is 2.30. The molecule has 0 saturated carbocycles. The molecule has 0 amide bonds. The number of hydrogen-bond donors (Lipinski definition) is 1. The monoisotopic (exact) mass is 386 g/mol. The van der Waals surface area contributed by atoms with Crippen molar-refractivity contribution in [2.45, 2.75) is 39.9 Å². The largest absolute Gasteiger partial charge is 0.416 e. The highest BCUT2D eigenvalue weighted by molar-refractivity contribution is 7.13. The SMILES string of the molecule is CC(C)(C)CN(CCCO)Cc1csc(-c2ccc(C(F)(F)F)cc2)n1. The highest BCUT2D eigenvalue weighted by atomic mass is 32.1. The van der Waals surface area contributed by atoms with Crippen LogP contribution in [0.4, 0.5) is 13.2 Å². The van der Waals surface area contributed by atoms with Gasteiger partial charge in [0.05, 0.1) is 11.3 Å². The van der Waals surface area contributed by atoms with E-state index in [-0.39, 0.29) is 12.0 Å². The molecule has 0 bridgehead atoms. The molecule has 0 spiro atoms. The second-order valence-corrected chi connectivity index (χ2v) is 8.43. The Balaban J connectivity index is 2.09. The normalized spacial score (nSPS) is 12.8. The Hall–Kier alpha value is -1.44. The number of aliphatic hydroxyl groups excluding tert-OH is 1. The topological polar surface area (TPSA) is 36.4 Å². The smallest absolute Gasteiger partial charge is 0.396 e. The zero-order valence-electron chi connectivity index (χ0n) is 15.3. The molecule has 1 N–H and O–H groups in total. The Labute approximate surface area is 156 Å². The second-order valence-electron chi connectivity index (χ2n) is 7.57. The molecule has 0 radical (unpaired) electrons. The molecule has 0 saturated heterocycles. The van der Waals surface area contributed by atoms with Gasteiger partial charge in [-0.05, 0) is 24.0 Å². The van der Waals surface area contributed by atoms with E-state index >= 15 is 0 Å². The molecule has 0 unspecified atom stereocenters. The van der Waals surface area contributed by atoms with Gasteiger partial charge < -0.3 is 5.11 Å². The Morgan fingerprint density at radius 3 is 2.31 bits per heavy atom. The summed E-state index contributed by atoms with van der Waals surface area (Å²) in [6.45, 7) is 8.94. The van der Waals surface area contributed by atoms with Crippen molar-refractivity contribution in [2.75, 3.05) is 19.7 Å². The number of rotatable bonds is 7. The summed E-state index contributed by atoms with van der Waals surface area (Å²) >= 11 is 1.43. The van der Waals surface area contributed by atoms with Crippen molar-refractivity contribution in [3.8, 4) is 10.6 Å². The fourth-order valence-electron chi connectivity index (χ4n) is 2.72. The molecule has 1 heterocycles. The van der Waals surface area contributed by atoms with Crippen molar-refractivity contribution < 1.29 is 18.3 Å². The van der Waals surface area contributed by atoms with Gasteiger partial charge in [0.25, 0.3) is 0 Å². The Morgan fingerprint density at radius 1 is 1.12 bits per heavy atom. The third-order valence-corrected chi connectivity index (χ3v) is 4.67. The van der Waals surface area contributed by atoms with E-state index in [1.807, 2.05) is 5.38 Å². The molecule has 7 heteroatoms. The third kappa shape index (κ3) is 6.37. The van der Waals surface area contributed by atoms with E-state index < -0.39 is 11.7 Å². The summed E-state index contributed by atoms with van der Waals surface area (Å²) in [6.07, 6.45) is -3.63. The van der Waals surface area contributed by atoms with Crippen LogP contribution in [0, 0.1) is 5.41 Å². The molecule has 144 valence electrons. The molecule has 0 fully saturated rings. The summed E-state index contributed by atoms with van der Waals surface area (Å²) in [7, 11) is 0. The van der Waals surface area contributed by atoms with E-state index in [0.717, 1.165) is 30.9 Å². The van der Waals surface area contributed by atoms with Crippen molar-refractivity contribution in [1.29, 1.82) is 0 Å². The third-order valence-electron chi connectivity index (χ3n) is 3.73. The van der Waals surface area contributed by atoms with Crippen LogP contribution in [0.25, 0.3) is 10.6 Å². The minimum atomic E-state index is -4.33. The molecule has 2 aromatic rings. The first kappa shape index (κ1) is 20.9. The van der Waals surface area contributed by atoms with Crippen molar-refractivity contribution in [1.82, 2.24) is 9.88 Å². The van der Waals surface area contributed by atoms with Crippen LogP contribution in [-0.4, -0.2) is 34.7 Å². The molecule has 0 atom stereocenters. The van der Waals surface area contributed by atoms with Crippen LogP contribution in [0.1, 0.15) is 38.4 Å². The van der Waals surface area contributed by atoms with E-state index in [1.54, 1.807) is 0 Å². The van der Waals surface area contributed by atoms with E-state index in [0.29, 0.717) is 23.5 Å². The molecule has 0 aliphatic heterocycles. The summed E-state index contributed by atoms with van der Waals surface area (Å²) < 4.78 is 38.0. The zero-order valence-corrected chi connectivity index (χ0v) is 16.1. The predicted octanol–water partition coefficient (Wildman–Crippen LogP) is 5.06. The van der Waals surface area contributed by atoms with Gasteiger partial charge in [-0.3, -0.25) is 4.90 Å². The van der Waals surface area contributed by atoms with E-state index in [9.17, 15) is 13.2 Å². The van der Waals surface area contributed by atoms with Crippen LogP contribution < -0.4 is 0 Å². The number of halogens is 3. The molecule has 1 aromatic carbocycles. The minimum absolute atomic E-state index is 0.127. The molecule has 1 aromatic heterocycles. The first-order valence-corrected chi connectivity index (χ1v) is 9.42. The van der Waals surface area contributed by atoms with Crippen molar-refractivity contribution in [3.05, 3.63) is 40.9 Å². The second kappa shape index (κ2) is 8.50. The van der Waals surface area contributed by atoms with Crippen LogP contribution in [0.2, 0.25) is 0 Å². The van der Waals surface area contributed by atoms with Gasteiger partial charge in [-0.2, -0.15) is 13.2 Å². The van der Waals surface area contributed by atoms with E-state index in [1.165, 1.54) is 23.5 Å². The van der Waals surface area contributed by atoms with Crippen LogP contribution >= 0.6 is 11.3 Å². The summed E-state index contributed by atoms with van der Waals surface area (Å²) in [5.74, 6) is 0. The van der Waals surface area contributed by atoms with Gasteiger partial charge in [-0.25, -0.2) is 4.98 Å². The number of hydrogen-bond acceptors (Lipinski definition) is 4. The number of alkyl halides is 3. The van der Waals surface area contributed by atoms with Crippen LogP contribution in [0.15, 0.2) is 29.6 Å². The maximum atomic E-state index is 12.7. The lowest BCUT2D eigenvalue weighted by molar-refractivity contribution is -0.137. The molecular formula is C19H25F3N2OS. The Morgan fingerprint density at radius 2 is 1.77 bits per heavy atom. The lowest BCUT2D eigenvalue weighted by atomic mass is 9.96. The van der Waals surface area contributed by atoms with Gasteiger partial charge in [0.2, 0.25) is 0 Å². The van der Waals surface area contributed by atoms with E-state index in [4.69, 9.17) is 5.11 Å². The molecular weight excluding hydrogens is 361 g/mol. The van der Waals surface area contributed by atoms with Crippen LogP contribution in [-0.2, 0) is 12.7 Å². The molecule has 26 heavy (non-hydrogen) atoms. The van der Waals surface area contributed by atoms with Crippen molar-refractivity contribution in [3.63, 3.8) is 0 Å². The quantitative estimate of drug-likeness (QED) is 0.723. The van der Waals surface area contributed by atoms with Gasteiger partial charge in [0.1, 0.15) is 5.01 Å². The average Bonchev–Trinajstić information content (AvgIpc) is 2.99. The lowest BCUT2D eigenvalue weighted by Crippen LogP contribution is -2.33. The molecule has 3 nitrogen and oxygen atoms in total. The number of thiazole rings is 1. The minimum Gasteiger partial charge on any atom is -0.396 e. The first-order chi connectivity index (χ1) is 12.1. The fraction of sp³-hybridized carbons (Fsp3) is 0.526. The van der Waals surface area contributed by atoms with Crippen molar-refractivity contribution >= 4 is 11.3 Å². The van der Waals surface area contributed by atoms with Gasteiger partial charge in [0.15, 0.2) is 0 Å². The maximum absolute atomic E-state index is 12.7. The number of aliphatic hydroxyl groups is 1. The number of nitrogens with zero attached hydrogens (tertiary/aromatic N) is 2. The van der Waals surface area contributed by atoms with Gasteiger partial charge in [0, 0.05) is 37.2 Å². The first-order valence-electron chi connectivity index (χ1n) is 8.54. The van der Waals surface area contributed by atoms with Crippen LogP contribution in [0.3, 0.4) is 0 Å². The summed E-state index contributed by atoms with van der Waals surface area (Å²) in [5.41, 5.74) is 1.05.